The van der Waals surface area contributed by atoms with Crippen LogP contribution in [0.4, 0.5) is 0 Å². The third-order valence-electron chi connectivity index (χ3n) is 12.9. The number of rotatable bonds is 0. The minimum absolute atomic E-state index is 0.00216. The molecule has 0 saturated heterocycles. The molecule has 5 rings (SSSR count). The van der Waals surface area contributed by atoms with Crippen LogP contribution in [0.1, 0.15) is 107 Å². The zero-order chi connectivity index (χ0) is 25.1. The molecular formula is C31H45NO2. The van der Waals surface area contributed by atoms with Crippen molar-refractivity contribution in [1.29, 1.82) is 0 Å². The van der Waals surface area contributed by atoms with E-state index in [1.54, 1.807) is 0 Å². The molecule has 0 amide bonds. The lowest BCUT2D eigenvalue weighted by atomic mass is 9.32. The van der Waals surface area contributed by atoms with Crippen LogP contribution in [-0.2, 0) is 9.59 Å². The van der Waals surface area contributed by atoms with Gasteiger partial charge in [-0.2, -0.15) is 0 Å². The number of allylic oxidation sites excluding steroid dienone is 2. The fourth-order valence-electron chi connectivity index (χ4n) is 10.5. The average molecular weight is 464 g/mol. The molecule has 3 heteroatoms. The molecule has 0 aliphatic heterocycles. The average Bonchev–Trinajstić information content (AvgIpc) is 2.74. The summed E-state index contributed by atoms with van der Waals surface area (Å²) < 4.78 is 0. The molecule has 4 saturated carbocycles. The summed E-state index contributed by atoms with van der Waals surface area (Å²) in [7, 11) is 0. The molecule has 4 fully saturated rings. The summed E-state index contributed by atoms with van der Waals surface area (Å²) in [6.45, 7) is 26.3. The van der Waals surface area contributed by atoms with Crippen molar-refractivity contribution in [3.8, 4) is 0 Å². The van der Waals surface area contributed by atoms with E-state index in [0.29, 0.717) is 29.2 Å². The first-order valence-corrected chi connectivity index (χ1v) is 13.7. The normalized spacial score (nSPS) is 51.2. The lowest BCUT2D eigenvalue weighted by Crippen LogP contribution is -2.68. The zero-order valence-corrected chi connectivity index (χ0v) is 22.8. The van der Waals surface area contributed by atoms with Gasteiger partial charge < -0.3 is 4.79 Å². The van der Waals surface area contributed by atoms with Crippen molar-refractivity contribution in [3.05, 3.63) is 23.2 Å². The van der Waals surface area contributed by atoms with Crippen LogP contribution in [0.5, 0.6) is 0 Å². The first kappa shape index (κ1) is 24.3. The zero-order valence-electron chi connectivity index (χ0n) is 22.8. The second kappa shape index (κ2) is 6.86. The highest BCUT2D eigenvalue weighted by Crippen LogP contribution is 2.75. The molecule has 8 atom stereocenters. The van der Waals surface area contributed by atoms with E-state index in [9.17, 15) is 9.59 Å². The second-order valence-corrected chi connectivity index (χ2v) is 15.3. The highest BCUT2D eigenvalue weighted by Gasteiger charge is 2.71. The second-order valence-electron chi connectivity index (χ2n) is 15.3. The fraction of sp³-hybridized carbons (Fsp3) is 0.839. The molecule has 0 bridgehead atoms. The third-order valence-corrected chi connectivity index (χ3v) is 12.9. The monoisotopic (exact) mass is 463 g/mol. The highest BCUT2D eigenvalue weighted by molar-refractivity contribution is 6.02. The van der Waals surface area contributed by atoms with E-state index in [4.69, 9.17) is 6.57 Å². The molecule has 0 heterocycles. The fourth-order valence-corrected chi connectivity index (χ4v) is 10.5. The molecule has 0 N–H and O–H groups in total. The molecular weight excluding hydrogens is 418 g/mol. The Bertz CT molecular complexity index is 1030. The smallest absolute Gasteiger partial charge is 0.226 e. The topological polar surface area (TPSA) is 38.5 Å². The van der Waals surface area contributed by atoms with Crippen LogP contribution >= 0.6 is 0 Å². The predicted molar refractivity (Wildman–Crippen MR) is 136 cm³/mol. The Hall–Kier alpha value is -1.43. The van der Waals surface area contributed by atoms with E-state index in [2.05, 4.69) is 46.4 Å². The predicted octanol–water partition coefficient (Wildman–Crippen LogP) is 7.66. The molecule has 0 aromatic rings. The summed E-state index contributed by atoms with van der Waals surface area (Å²) in [5.74, 6) is 1.48. The minimum atomic E-state index is -0.552. The van der Waals surface area contributed by atoms with Crippen LogP contribution in [0, 0.1) is 62.7 Å². The molecule has 5 aliphatic rings. The Morgan fingerprint density at radius 3 is 2.15 bits per heavy atom. The van der Waals surface area contributed by atoms with Gasteiger partial charge in [0.15, 0.2) is 5.78 Å². The van der Waals surface area contributed by atoms with E-state index in [0.717, 1.165) is 19.3 Å². The standard InChI is InChI=1S/C31H45NO2/c1-26(2)12-13-28(5)14-15-31(8)24(19(28)17-26)21(33)16-23-29(6)18-20(32-9)25(34)27(3,4)22(29)10-11-30(23,31)7/h18-19,22-24H,10-17H2,1-8H3/t19?,22-,23?,24?,28+,29-,30+,31+/m0/s1. The van der Waals surface area contributed by atoms with Gasteiger partial charge in [-0.25, -0.2) is 4.85 Å². The van der Waals surface area contributed by atoms with Crippen molar-refractivity contribution in [1.82, 2.24) is 0 Å². The van der Waals surface area contributed by atoms with Gasteiger partial charge in [0.2, 0.25) is 5.70 Å². The highest BCUT2D eigenvalue weighted by atomic mass is 16.1. The SMILES string of the molecule is [C-]#[N+]C1=C[C@]2(C)C3CC(=O)C4C5CC(C)(C)CC[C@]5(C)CC[C@@]4(C)[C@]3(C)CC[C@H]2C(C)(C)C1=O. The maximum absolute atomic E-state index is 14.3. The Morgan fingerprint density at radius 1 is 0.853 bits per heavy atom. The Kier molecular flexibility index (Phi) is 4.90. The maximum Gasteiger partial charge on any atom is 0.226 e. The number of ketones is 2. The van der Waals surface area contributed by atoms with Crippen LogP contribution in [0.15, 0.2) is 11.8 Å². The number of hydrogen-bond donors (Lipinski definition) is 0. The van der Waals surface area contributed by atoms with Crippen molar-refractivity contribution >= 4 is 11.6 Å². The van der Waals surface area contributed by atoms with Gasteiger partial charge in [-0.3, -0.25) is 4.79 Å². The van der Waals surface area contributed by atoms with E-state index >= 15 is 0 Å². The van der Waals surface area contributed by atoms with Gasteiger partial charge >= 0.3 is 0 Å². The Balaban J connectivity index is 1.63. The summed E-state index contributed by atoms with van der Waals surface area (Å²) in [5.41, 5.74) is 0.0833. The quantitative estimate of drug-likeness (QED) is 0.346. The number of carbonyl (C=O) groups is 2. The lowest BCUT2D eigenvalue weighted by Gasteiger charge is -2.72. The van der Waals surface area contributed by atoms with Crippen molar-refractivity contribution in [2.45, 2.75) is 107 Å². The number of fused-ring (bicyclic) bond motifs is 7. The van der Waals surface area contributed by atoms with Gasteiger partial charge in [0.25, 0.3) is 0 Å². The molecule has 0 aromatic heterocycles. The first-order valence-electron chi connectivity index (χ1n) is 13.7. The van der Waals surface area contributed by atoms with Gasteiger partial charge in [-0.15, -0.1) is 0 Å². The molecule has 0 aromatic carbocycles. The van der Waals surface area contributed by atoms with Crippen LogP contribution in [-0.4, -0.2) is 11.6 Å². The van der Waals surface area contributed by atoms with Crippen LogP contribution in [0.3, 0.4) is 0 Å². The van der Waals surface area contributed by atoms with Crippen LogP contribution in [0.2, 0.25) is 0 Å². The number of carbonyl (C=O) groups excluding carboxylic acids is 2. The van der Waals surface area contributed by atoms with E-state index in [-0.39, 0.29) is 45.2 Å². The maximum atomic E-state index is 14.3. The molecule has 34 heavy (non-hydrogen) atoms. The number of Topliss-reactive ketones (excluding diaryl/α,β-unsaturated/α-hetero) is 2. The van der Waals surface area contributed by atoms with Crippen molar-refractivity contribution in [2.75, 3.05) is 0 Å². The van der Waals surface area contributed by atoms with Crippen molar-refractivity contribution < 1.29 is 9.59 Å². The molecule has 5 aliphatic carbocycles. The Labute approximate surface area is 207 Å². The minimum Gasteiger partial charge on any atom is -0.307 e. The van der Waals surface area contributed by atoms with Crippen LogP contribution in [0.25, 0.3) is 4.85 Å². The summed E-state index contributed by atoms with van der Waals surface area (Å²) in [6, 6.07) is 0. The summed E-state index contributed by atoms with van der Waals surface area (Å²) >= 11 is 0. The van der Waals surface area contributed by atoms with E-state index in [1.807, 2.05) is 19.9 Å². The van der Waals surface area contributed by atoms with Gasteiger partial charge in [0, 0.05) is 17.8 Å². The van der Waals surface area contributed by atoms with E-state index in [1.165, 1.54) is 25.7 Å². The summed E-state index contributed by atoms with van der Waals surface area (Å²) in [4.78, 5) is 31.2. The number of hydrogen-bond acceptors (Lipinski definition) is 2. The largest absolute Gasteiger partial charge is 0.307 e. The molecule has 0 radical (unpaired) electrons. The lowest BCUT2D eigenvalue weighted by molar-refractivity contribution is -0.220. The van der Waals surface area contributed by atoms with Gasteiger partial charge in [-0.05, 0) is 89.8 Å². The third kappa shape index (κ3) is 2.81. The van der Waals surface area contributed by atoms with E-state index < -0.39 is 5.41 Å². The summed E-state index contributed by atoms with van der Waals surface area (Å²) in [5, 5.41) is 0. The Morgan fingerprint density at radius 2 is 1.50 bits per heavy atom. The van der Waals surface area contributed by atoms with Gasteiger partial charge in [0.05, 0.1) is 6.57 Å². The van der Waals surface area contributed by atoms with Gasteiger partial charge in [-0.1, -0.05) is 61.5 Å². The summed E-state index contributed by atoms with van der Waals surface area (Å²) in [6.07, 6.45) is 10.8. The molecule has 3 nitrogen and oxygen atoms in total. The first-order chi connectivity index (χ1) is 15.6. The number of nitrogens with zero attached hydrogens (tertiary/aromatic N) is 1. The van der Waals surface area contributed by atoms with Crippen LogP contribution < -0.4 is 0 Å². The molecule has 0 spiro atoms. The van der Waals surface area contributed by atoms with Gasteiger partial charge in [0.1, 0.15) is 5.78 Å². The van der Waals surface area contributed by atoms with Crippen molar-refractivity contribution in [3.63, 3.8) is 0 Å². The molecule has 3 unspecified atom stereocenters. The van der Waals surface area contributed by atoms with Crippen molar-refractivity contribution in [2.24, 2.45) is 56.2 Å². The molecule has 186 valence electrons.